The van der Waals surface area contributed by atoms with Gasteiger partial charge in [-0.3, -0.25) is 0 Å². The van der Waals surface area contributed by atoms with Crippen LogP contribution in [0.5, 0.6) is 0 Å². The van der Waals surface area contributed by atoms with Crippen molar-refractivity contribution in [2.45, 2.75) is 23.2 Å². The van der Waals surface area contributed by atoms with E-state index in [0.717, 1.165) is 19.4 Å². The predicted octanol–water partition coefficient (Wildman–Crippen LogP) is 5.46. The fourth-order valence-corrected chi connectivity index (χ4v) is 8.07. The lowest BCUT2D eigenvalue weighted by Crippen LogP contribution is -2.39. The third-order valence-corrected chi connectivity index (χ3v) is 5.00. The molecule has 84 valence electrons. The predicted molar refractivity (Wildman–Crippen MR) is 81.5 cm³/mol. The van der Waals surface area contributed by atoms with Crippen LogP contribution in [-0.2, 0) is 4.74 Å². The van der Waals surface area contributed by atoms with Crippen LogP contribution in [0.4, 0.5) is 0 Å². The van der Waals surface area contributed by atoms with Crippen molar-refractivity contribution in [3.05, 3.63) is 0 Å². The van der Waals surface area contributed by atoms with Gasteiger partial charge in [0.1, 0.15) is 4.29 Å². The van der Waals surface area contributed by atoms with Crippen molar-refractivity contribution in [2.75, 3.05) is 6.61 Å². The standard InChI is InChI=1S/C7H8Br6O/c8-6(9,10)5(7(11,12)13)4-2-1-3-14-4/h4-5H,1-3H2. The zero-order chi connectivity index (χ0) is 11.0. The maximum atomic E-state index is 5.69. The topological polar surface area (TPSA) is 9.23 Å². The lowest BCUT2D eigenvalue weighted by Gasteiger charge is -2.36. The van der Waals surface area contributed by atoms with Crippen molar-refractivity contribution in [2.24, 2.45) is 5.92 Å². The van der Waals surface area contributed by atoms with Gasteiger partial charge in [0.05, 0.1) is 12.0 Å². The highest BCUT2D eigenvalue weighted by molar-refractivity contribution is 9.40. The van der Waals surface area contributed by atoms with Crippen molar-refractivity contribution in [1.29, 1.82) is 0 Å². The molecule has 1 saturated heterocycles. The number of alkyl halides is 6. The third-order valence-electron chi connectivity index (χ3n) is 2.04. The van der Waals surface area contributed by atoms with E-state index in [0.29, 0.717) is 0 Å². The Labute approximate surface area is 134 Å². The summed E-state index contributed by atoms with van der Waals surface area (Å²) in [5.41, 5.74) is 0. The Morgan fingerprint density at radius 3 is 1.79 bits per heavy atom. The van der Waals surface area contributed by atoms with E-state index in [1.54, 1.807) is 0 Å². The van der Waals surface area contributed by atoms with Gasteiger partial charge >= 0.3 is 0 Å². The molecule has 1 aliphatic heterocycles. The number of hydrogen-bond acceptors (Lipinski definition) is 1. The Morgan fingerprint density at radius 2 is 1.50 bits per heavy atom. The molecule has 1 unspecified atom stereocenters. The summed E-state index contributed by atoms with van der Waals surface area (Å²) in [6, 6.07) is 0. The van der Waals surface area contributed by atoms with Gasteiger partial charge in [0.15, 0.2) is 0 Å². The molecular weight excluding hydrogens is 580 g/mol. The fourth-order valence-electron chi connectivity index (χ4n) is 1.47. The second-order valence-electron chi connectivity index (χ2n) is 3.11. The summed E-state index contributed by atoms with van der Waals surface area (Å²) in [5, 5.41) is 0. The van der Waals surface area contributed by atoms with E-state index in [1.165, 1.54) is 0 Å². The summed E-state index contributed by atoms with van der Waals surface area (Å²) in [6.07, 6.45) is 2.39. The molecular formula is C7H8Br6O. The maximum absolute atomic E-state index is 5.69. The van der Waals surface area contributed by atoms with Gasteiger partial charge in [0.2, 0.25) is 0 Å². The van der Waals surface area contributed by atoms with Crippen LogP contribution >= 0.6 is 95.6 Å². The first-order chi connectivity index (χ1) is 6.23. The zero-order valence-corrected chi connectivity index (χ0v) is 16.5. The largest absolute Gasteiger partial charge is 0.378 e. The summed E-state index contributed by atoms with van der Waals surface area (Å²) in [7, 11) is 0. The SMILES string of the molecule is BrC(Br)(Br)C(C1CCCO1)C(Br)(Br)Br. The van der Waals surface area contributed by atoms with Gasteiger partial charge < -0.3 is 4.74 Å². The number of ether oxygens (including phenoxy) is 1. The Hall–Kier alpha value is 2.84. The molecule has 0 spiro atoms. The molecule has 0 amide bonds. The molecule has 0 aromatic rings. The molecule has 0 aromatic carbocycles. The van der Waals surface area contributed by atoms with Crippen LogP contribution in [0.1, 0.15) is 12.8 Å². The molecule has 1 rings (SSSR count). The number of rotatable bonds is 1. The van der Waals surface area contributed by atoms with Crippen molar-refractivity contribution >= 4 is 95.6 Å². The highest BCUT2D eigenvalue weighted by Crippen LogP contribution is 2.57. The molecule has 7 heteroatoms. The summed E-state index contributed by atoms with van der Waals surface area (Å²) >= 11 is 21.3. The van der Waals surface area contributed by atoms with Crippen LogP contribution < -0.4 is 0 Å². The van der Waals surface area contributed by atoms with Gasteiger partial charge in [0, 0.05) is 6.61 Å². The molecule has 1 fully saturated rings. The highest BCUT2D eigenvalue weighted by atomic mass is 80.0. The van der Waals surface area contributed by atoms with Crippen LogP contribution in [0, 0.1) is 5.92 Å². The molecule has 0 N–H and O–H groups in total. The molecule has 1 nitrogen and oxygen atoms in total. The summed E-state index contributed by atoms with van der Waals surface area (Å²) in [5.74, 6) is 0.150. The van der Waals surface area contributed by atoms with E-state index >= 15 is 0 Å². The van der Waals surface area contributed by atoms with Crippen molar-refractivity contribution in [3.63, 3.8) is 0 Å². The van der Waals surface area contributed by atoms with Gasteiger partial charge in [-0.2, -0.15) is 0 Å². The monoisotopic (exact) mass is 582 g/mol. The quantitative estimate of drug-likeness (QED) is 0.371. The Kier molecular flexibility index (Phi) is 6.02. The van der Waals surface area contributed by atoms with Crippen molar-refractivity contribution in [3.8, 4) is 0 Å². The van der Waals surface area contributed by atoms with Crippen molar-refractivity contribution < 1.29 is 4.74 Å². The molecule has 0 radical (unpaired) electrons. The van der Waals surface area contributed by atoms with E-state index < -0.39 is 0 Å². The molecule has 0 saturated carbocycles. The van der Waals surface area contributed by atoms with E-state index in [-0.39, 0.29) is 16.3 Å². The molecule has 0 aliphatic carbocycles. The maximum Gasteiger partial charge on any atom is 0.143 e. The van der Waals surface area contributed by atoms with Crippen LogP contribution in [0.2, 0.25) is 0 Å². The minimum atomic E-state index is -0.363. The second-order valence-corrected chi connectivity index (χ2v) is 17.0. The van der Waals surface area contributed by atoms with Crippen LogP contribution in [0.15, 0.2) is 0 Å². The lowest BCUT2D eigenvalue weighted by atomic mass is 10.0. The second kappa shape index (κ2) is 5.65. The molecule has 1 aliphatic rings. The summed E-state index contributed by atoms with van der Waals surface area (Å²) in [4.78, 5) is 0. The number of hydrogen-bond donors (Lipinski definition) is 0. The Balaban J connectivity index is 2.82. The van der Waals surface area contributed by atoms with Crippen LogP contribution in [0.3, 0.4) is 0 Å². The number of halogens is 6. The van der Waals surface area contributed by atoms with Gasteiger partial charge in [-0.15, -0.1) is 0 Å². The third kappa shape index (κ3) is 4.26. The van der Waals surface area contributed by atoms with Crippen LogP contribution in [-0.4, -0.2) is 17.0 Å². The highest BCUT2D eigenvalue weighted by Gasteiger charge is 2.49. The Morgan fingerprint density at radius 1 is 1.00 bits per heavy atom. The Bertz CT molecular complexity index is 175. The minimum Gasteiger partial charge on any atom is -0.378 e. The fraction of sp³-hybridized carbons (Fsp3) is 1.00. The average molecular weight is 588 g/mol. The van der Waals surface area contributed by atoms with E-state index in [9.17, 15) is 0 Å². The van der Waals surface area contributed by atoms with E-state index in [1.807, 2.05) is 0 Å². The first-order valence-electron chi connectivity index (χ1n) is 3.98. The van der Waals surface area contributed by atoms with Gasteiger partial charge in [-0.1, -0.05) is 95.6 Å². The first kappa shape index (κ1) is 14.9. The van der Waals surface area contributed by atoms with Gasteiger partial charge in [0.25, 0.3) is 0 Å². The first-order valence-corrected chi connectivity index (χ1v) is 8.74. The van der Waals surface area contributed by atoms with E-state index in [2.05, 4.69) is 95.6 Å². The molecule has 0 bridgehead atoms. The van der Waals surface area contributed by atoms with Gasteiger partial charge in [-0.05, 0) is 12.8 Å². The van der Waals surface area contributed by atoms with E-state index in [4.69, 9.17) is 4.74 Å². The normalized spacial score (nSPS) is 24.6. The molecule has 14 heavy (non-hydrogen) atoms. The molecule has 1 atom stereocenters. The summed E-state index contributed by atoms with van der Waals surface area (Å²) in [6.45, 7) is 0.841. The zero-order valence-electron chi connectivity index (χ0n) is 6.95. The molecule has 1 heterocycles. The van der Waals surface area contributed by atoms with Crippen molar-refractivity contribution in [1.82, 2.24) is 0 Å². The molecule has 0 aromatic heterocycles. The lowest BCUT2D eigenvalue weighted by molar-refractivity contribution is 0.0723. The minimum absolute atomic E-state index is 0.150. The van der Waals surface area contributed by atoms with Crippen LogP contribution in [0.25, 0.3) is 0 Å². The smallest absolute Gasteiger partial charge is 0.143 e. The average Bonchev–Trinajstić information content (AvgIpc) is 2.31. The van der Waals surface area contributed by atoms with Gasteiger partial charge in [-0.25, -0.2) is 0 Å². The summed E-state index contributed by atoms with van der Waals surface area (Å²) < 4.78 is 4.96.